The largest absolute Gasteiger partial charge is 0.329 e. The zero-order valence-electron chi connectivity index (χ0n) is 14.5. The fraction of sp³-hybridized carbons (Fsp3) is 0.316. The summed E-state index contributed by atoms with van der Waals surface area (Å²) in [6.07, 6.45) is 0. The molecule has 0 N–H and O–H groups in total. The van der Waals surface area contributed by atoms with Gasteiger partial charge in [0.2, 0.25) is 0 Å². The summed E-state index contributed by atoms with van der Waals surface area (Å²) in [7, 11) is -3.20. The first-order chi connectivity index (χ1) is 12.3. The van der Waals surface area contributed by atoms with Gasteiger partial charge in [0.05, 0.1) is 23.6 Å². The Morgan fingerprint density at radius 1 is 0.962 bits per heavy atom. The van der Waals surface area contributed by atoms with Gasteiger partial charge in [-0.3, -0.25) is 9.80 Å². The number of aryl methyl sites for hydroxylation is 1. The molecule has 2 aliphatic heterocycles. The van der Waals surface area contributed by atoms with Crippen molar-refractivity contribution in [2.75, 3.05) is 21.3 Å². The highest BCUT2D eigenvalue weighted by Gasteiger charge is 2.54. The Bertz CT molecular complexity index is 988. The van der Waals surface area contributed by atoms with Crippen LogP contribution < -0.4 is 9.80 Å². The van der Waals surface area contributed by atoms with Crippen LogP contribution in [0.4, 0.5) is 16.2 Å². The fourth-order valence-corrected chi connectivity index (χ4v) is 5.93. The Morgan fingerprint density at radius 2 is 1.58 bits per heavy atom. The van der Waals surface area contributed by atoms with Crippen LogP contribution in [0.15, 0.2) is 42.5 Å². The molecule has 0 radical (unpaired) electrons. The number of urea groups is 1. The van der Waals surface area contributed by atoms with E-state index in [-0.39, 0.29) is 23.6 Å². The van der Waals surface area contributed by atoms with Gasteiger partial charge in [-0.15, -0.1) is 0 Å². The smallest absolute Gasteiger partial charge is 0.288 e. The molecule has 0 saturated carbocycles. The number of amides is 2. The molecule has 4 rings (SSSR count). The highest BCUT2D eigenvalue weighted by Crippen LogP contribution is 2.39. The van der Waals surface area contributed by atoms with Gasteiger partial charge in [-0.25, -0.2) is 13.2 Å². The van der Waals surface area contributed by atoms with E-state index < -0.39 is 15.9 Å². The summed E-state index contributed by atoms with van der Waals surface area (Å²) in [4.78, 5) is 16.6. The summed E-state index contributed by atoms with van der Waals surface area (Å²) in [5.41, 5.74) is 3.50. The molecule has 26 heavy (non-hydrogen) atoms. The first kappa shape index (κ1) is 17.4. The van der Waals surface area contributed by atoms with E-state index in [1.807, 2.05) is 32.0 Å². The third-order valence-corrected chi connectivity index (χ3v) is 7.26. The SMILES string of the molecule is Cc1cccc(N2C(=O)N(c3ccc(Cl)cc3)[C@@H]3CS(=O)(=O)C[C@@H]32)c1C. The maximum atomic E-state index is 13.3. The minimum Gasteiger partial charge on any atom is -0.288 e. The van der Waals surface area contributed by atoms with Crippen molar-refractivity contribution in [3.63, 3.8) is 0 Å². The monoisotopic (exact) mass is 390 g/mol. The Balaban J connectivity index is 1.84. The first-order valence-electron chi connectivity index (χ1n) is 8.43. The zero-order valence-corrected chi connectivity index (χ0v) is 16.1. The molecule has 2 amide bonds. The molecule has 7 heteroatoms. The van der Waals surface area contributed by atoms with Crippen LogP contribution in [0.5, 0.6) is 0 Å². The summed E-state index contributed by atoms with van der Waals surface area (Å²) in [6, 6.07) is 11.7. The first-order valence-corrected chi connectivity index (χ1v) is 10.6. The second-order valence-electron chi connectivity index (χ2n) is 6.93. The lowest BCUT2D eigenvalue weighted by atomic mass is 10.1. The number of benzene rings is 2. The molecular weight excluding hydrogens is 372 g/mol. The number of carbonyl (C=O) groups is 1. The Kier molecular flexibility index (Phi) is 4.00. The zero-order chi connectivity index (χ0) is 18.6. The van der Waals surface area contributed by atoms with Crippen LogP contribution in [0.2, 0.25) is 5.02 Å². The lowest BCUT2D eigenvalue weighted by Gasteiger charge is -2.24. The topological polar surface area (TPSA) is 57.7 Å². The second kappa shape index (κ2) is 5.99. The molecule has 0 aromatic heterocycles. The standard InChI is InChI=1S/C19H19ClN2O3S/c1-12-4-3-5-16(13(12)2)22-18-11-26(24,25)10-17(18)21(19(22)23)15-8-6-14(20)7-9-15/h3-9,17-18H,10-11H2,1-2H3/t17-,18+/m1/s1. The van der Waals surface area contributed by atoms with Crippen molar-refractivity contribution < 1.29 is 13.2 Å². The van der Waals surface area contributed by atoms with Gasteiger partial charge in [0.25, 0.3) is 0 Å². The van der Waals surface area contributed by atoms with Crippen molar-refractivity contribution in [2.45, 2.75) is 25.9 Å². The normalized spacial score (nSPS) is 24.2. The van der Waals surface area contributed by atoms with Crippen molar-refractivity contribution in [2.24, 2.45) is 0 Å². The molecule has 2 aliphatic rings. The summed E-state index contributed by atoms with van der Waals surface area (Å²) < 4.78 is 24.6. The maximum Gasteiger partial charge on any atom is 0.329 e. The molecular formula is C19H19ClN2O3S. The molecule has 2 saturated heterocycles. The van der Waals surface area contributed by atoms with E-state index in [1.54, 1.807) is 34.1 Å². The van der Waals surface area contributed by atoms with Gasteiger partial charge >= 0.3 is 6.03 Å². The van der Waals surface area contributed by atoms with Crippen molar-refractivity contribution >= 4 is 38.8 Å². The van der Waals surface area contributed by atoms with Gasteiger partial charge in [0.1, 0.15) is 0 Å². The molecule has 2 atom stereocenters. The van der Waals surface area contributed by atoms with E-state index in [0.717, 1.165) is 16.8 Å². The van der Waals surface area contributed by atoms with Gasteiger partial charge in [0, 0.05) is 16.4 Å². The Labute approximate surface area is 158 Å². The number of hydrogen-bond donors (Lipinski definition) is 0. The predicted molar refractivity (Wildman–Crippen MR) is 104 cm³/mol. The molecule has 2 aromatic rings. The average molecular weight is 391 g/mol. The summed E-state index contributed by atoms with van der Waals surface area (Å²) >= 11 is 5.96. The van der Waals surface area contributed by atoms with Crippen LogP contribution in [0.1, 0.15) is 11.1 Å². The number of nitrogens with zero attached hydrogens (tertiary/aromatic N) is 2. The van der Waals surface area contributed by atoms with Crippen LogP contribution in [-0.4, -0.2) is 38.0 Å². The van der Waals surface area contributed by atoms with E-state index in [1.165, 1.54) is 0 Å². The number of sulfone groups is 1. The van der Waals surface area contributed by atoms with Gasteiger partial charge in [-0.05, 0) is 55.3 Å². The summed E-state index contributed by atoms with van der Waals surface area (Å²) in [5, 5.41) is 0.572. The van der Waals surface area contributed by atoms with Crippen molar-refractivity contribution in [3.8, 4) is 0 Å². The highest BCUT2D eigenvalue weighted by atomic mass is 35.5. The van der Waals surface area contributed by atoms with E-state index in [0.29, 0.717) is 10.7 Å². The van der Waals surface area contributed by atoms with E-state index in [4.69, 9.17) is 11.6 Å². The number of anilines is 2. The van der Waals surface area contributed by atoms with E-state index in [9.17, 15) is 13.2 Å². The minimum absolute atomic E-state index is 0.0130. The summed E-state index contributed by atoms with van der Waals surface area (Å²) in [5.74, 6) is -0.0335. The molecule has 136 valence electrons. The quantitative estimate of drug-likeness (QED) is 0.736. The van der Waals surface area contributed by atoms with Gasteiger partial charge < -0.3 is 0 Å². The van der Waals surface area contributed by atoms with Gasteiger partial charge in [-0.1, -0.05) is 23.7 Å². The number of fused-ring (bicyclic) bond motifs is 1. The molecule has 0 spiro atoms. The maximum absolute atomic E-state index is 13.3. The van der Waals surface area contributed by atoms with Crippen molar-refractivity contribution in [1.29, 1.82) is 0 Å². The van der Waals surface area contributed by atoms with Gasteiger partial charge in [0.15, 0.2) is 9.84 Å². The third-order valence-electron chi connectivity index (χ3n) is 5.31. The number of rotatable bonds is 2. The van der Waals surface area contributed by atoms with Crippen molar-refractivity contribution in [1.82, 2.24) is 0 Å². The number of hydrogen-bond acceptors (Lipinski definition) is 3. The summed E-state index contributed by atoms with van der Waals surface area (Å²) in [6.45, 7) is 3.95. The Hall–Kier alpha value is -2.05. The second-order valence-corrected chi connectivity index (χ2v) is 9.52. The average Bonchev–Trinajstić information content (AvgIpc) is 3.01. The molecule has 2 fully saturated rings. The lowest BCUT2D eigenvalue weighted by molar-refractivity contribution is 0.255. The molecule has 0 unspecified atom stereocenters. The molecule has 2 aromatic carbocycles. The lowest BCUT2D eigenvalue weighted by Crippen LogP contribution is -2.38. The molecule has 0 bridgehead atoms. The minimum atomic E-state index is -3.20. The van der Waals surface area contributed by atoms with Crippen LogP contribution in [0.25, 0.3) is 0 Å². The van der Waals surface area contributed by atoms with Crippen LogP contribution in [-0.2, 0) is 9.84 Å². The van der Waals surface area contributed by atoms with Crippen LogP contribution >= 0.6 is 11.6 Å². The molecule has 2 heterocycles. The van der Waals surface area contributed by atoms with E-state index >= 15 is 0 Å². The molecule has 5 nitrogen and oxygen atoms in total. The van der Waals surface area contributed by atoms with Gasteiger partial charge in [-0.2, -0.15) is 0 Å². The van der Waals surface area contributed by atoms with E-state index in [2.05, 4.69) is 0 Å². The third kappa shape index (κ3) is 2.68. The van der Waals surface area contributed by atoms with Crippen molar-refractivity contribution in [3.05, 3.63) is 58.6 Å². The molecule has 0 aliphatic carbocycles. The predicted octanol–water partition coefficient (Wildman–Crippen LogP) is 3.57. The fourth-order valence-electron chi connectivity index (χ4n) is 3.89. The van der Waals surface area contributed by atoms with Crippen LogP contribution in [0, 0.1) is 13.8 Å². The number of carbonyl (C=O) groups excluding carboxylic acids is 1. The van der Waals surface area contributed by atoms with Crippen LogP contribution in [0.3, 0.4) is 0 Å². The highest BCUT2D eigenvalue weighted by molar-refractivity contribution is 7.91. The Morgan fingerprint density at radius 3 is 2.23 bits per heavy atom. The number of halogens is 1.